The molecule has 0 bridgehead atoms. The van der Waals surface area contributed by atoms with Crippen molar-refractivity contribution >= 4 is 29.3 Å². The third kappa shape index (κ3) is 8.08. The molecule has 1 aliphatic heterocycles. The molecule has 0 unspecified atom stereocenters. The zero-order valence-corrected chi connectivity index (χ0v) is 27.1. The lowest BCUT2D eigenvalue weighted by molar-refractivity contribution is -0.0271. The van der Waals surface area contributed by atoms with Gasteiger partial charge in [-0.05, 0) is 73.2 Å². The Morgan fingerprint density at radius 3 is 2.04 bits per heavy atom. The Balaban J connectivity index is 0.00000433. The summed E-state index contributed by atoms with van der Waals surface area (Å²) < 4.78 is 9.61. The minimum absolute atomic E-state index is 0. The van der Waals surface area contributed by atoms with Crippen LogP contribution in [0.1, 0.15) is 58.8 Å². The van der Waals surface area contributed by atoms with Crippen molar-refractivity contribution in [2.75, 3.05) is 19.6 Å². The summed E-state index contributed by atoms with van der Waals surface area (Å²) in [6.07, 6.45) is 3.74. The van der Waals surface area contributed by atoms with E-state index < -0.39 is 5.97 Å². The Labute approximate surface area is 280 Å². The average molecular weight is 654 g/mol. The Morgan fingerprint density at radius 1 is 0.766 bits per heavy atom. The highest BCUT2D eigenvalue weighted by molar-refractivity contribution is 5.87. The van der Waals surface area contributed by atoms with Gasteiger partial charge in [0.15, 0.2) is 0 Å². The van der Waals surface area contributed by atoms with Crippen molar-refractivity contribution in [2.24, 2.45) is 0 Å². The highest BCUT2D eigenvalue weighted by Gasteiger charge is 2.24. The second kappa shape index (κ2) is 15.9. The predicted octanol–water partition coefficient (Wildman–Crippen LogP) is 6.38. The molecule has 1 fully saturated rings. The van der Waals surface area contributed by atoms with Crippen molar-refractivity contribution in [3.05, 3.63) is 152 Å². The Kier molecular flexibility index (Phi) is 11.4. The summed E-state index contributed by atoms with van der Waals surface area (Å²) in [5.41, 5.74) is 2.91. The molecule has 1 N–H and O–H groups in total. The molecule has 244 valence electrons. The second-order valence-electron chi connectivity index (χ2n) is 11.9. The van der Waals surface area contributed by atoms with Crippen molar-refractivity contribution < 1.29 is 14.6 Å². The number of hydrogen-bond acceptors (Lipinski definition) is 5. The molecule has 1 aromatic heterocycles. The van der Waals surface area contributed by atoms with Gasteiger partial charge in [-0.25, -0.2) is 9.59 Å². The van der Waals surface area contributed by atoms with Crippen molar-refractivity contribution in [3.8, 4) is 0 Å². The molecule has 4 aromatic carbocycles. The second-order valence-corrected chi connectivity index (χ2v) is 11.9. The molecule has 0 radical (unpaired) electrons. The summed E-state index contributed by atoms with van der Waals surface area (Å²) in [6, 6.07) is 34.4. The average Bonchev–Trinajstić information content (AvgIpc) is 3.10. The molecule has 47 heavy (non-hydrogen) atoms. The Bertz CT molecular complexity index is 1860. The summed E-state index contributed by atoms with van der Waals surface area (Å²) in [5, 5.41) is 9.85. The van der Waals surface area contributed by atoms with Crippen molar-refractivity contribution in [1.82, 2.24) is 14.0 Å². The molecule has 0 aliphatic carbocycles. The molecule has 1 aliphatic rings. The van der Waals surface area contributed by atoms with E-state index in [0.29, 0.717) is 23.0 Å². The highest BCUT2D eigenvalue weighted by Crippen LogP contribution is 2.30. The van der Waals surface area contributed by atoms with Crippen LogP contribution in [-0.4, -0.2) is 50.8 Å². The third-order valence-corrected chi connectivity index (χ3v) is 8.82. The summed E-state index contributed by atoms with van der Waals surface area (Å²) in [6.45, 7) is 3.36. The van der Waals surface area contributed by atoms with E-state index in [9.17, 15) is 19.5 Å². The van der Waals surface area contributed by atoms with Crippen LogP contribution in [0.4, 0.5) is 0 Å². The largest absolute Gasteiger partial charge is 0.478 e. The van der Waals surface area contributed by atoms with E-state index in [4.69, 9.17) is 4.74 Å². The fourth-order valence-electron chi connectivity index (χ4n) is 6.38. The van der Waals surface area contributed by atoms with E-state index in [1.54, 1.807) is 28.8 Å². The first-order valence-corrected chi connectivity index (χ1v) is 16.0. The number of carbonyl (C=O) groups is 1. The molecule has 1 saturated heterocycles. The molecule has 0 spiro atoms. The van der Waals surface area contributed by atoms with Crippen LogP contribution in [0.2, 0.25) is 0 Å². The van der Waals surface area contributed by atoms with Gasteiger partial charge in [0.05, 0.1) is 29.1 Å². The maximum Gasteiger partial charge on any atom is 0.335 e. The highest BCUT2D eigenvalue weighted by atomic mass is 35.5. The van der Waals surface area contributed by atoms with E-state index in [1.807, 2.05) is 24.3 Å². The molecule has 5 aromatic rings. The number of aryl methyl sites for hydroxylation is 1. The predicted molar refractivity (Wildman–Crippen MR) is 187 cm³/mol. The van der Waals surface area contributed by atoms with Crippen molar-refractivity contribution in [1.29, 1.82) is 0 Å². The minimum Gasteiger partial charge on any atom is -0.478 e. The maximum absolute atomic E-state index is 13.6. The van der Waals surface area contributed by atoms with E-state index in [-0.39, 0.29) is 48.0 Å². The van der Waals surface area contributed by atoms with Crippen LogP contribution in [0.15, 0.2) is 119 Å². The van der Waals surface area contributed by atoms with Crippen LogP contribution < -0.4 is 11.2 Å². The molecule has 6 rings (SSSR count). The quantitative estimate of drug-likeness (QED) is 0.157. The van der Waals surface area contributed by atoms with Gasteiger partial charge >= 0.3 is 11.7 Å². The minimum atomic E-state index is -1.05. The standard InChI is InChI=1S/C38H39N3O5.ClH/c42-36-33-18-7-8-19-34(33)40(38(45)41(36)27-28-12-11-17-31(26-28)37(43)44)23-10-9-22-39-24-20-32(21-25-39)46-35(29-13-3-1-4-14-29)30-15-5-2-6-16-30;/h1-8,11-19,26,32,35H,9-10,20-25,27H2,(H,43,44);1H. The fraction of sp³-hybridized carbons (Fsp3) is 0.289. The van der Waals surface area contributed by atoms with Crippen LogP contribution in [0.25, 0.3) is 10.9 Å². The summed E-state index contributed by atoms with van der Waals surface area (Å²) in [4.78, 5) is 40.9. The number of carboxylic acids is 1. The lowest BCUT2D eigenvalue weighted by Crippen LogP contribution is -2.40. The summed E-state index contributed by atoms with van der Waals surface area (Å²) >= 11 is 0. The molecular formula is C38H40ClN3O5. The van der Waals surface area contributed by atoms with Crippen LogP contribution in [-0.2, 0) is 17.8 Å². The number of rotatable bonds is 12. The Morgan fingerprint density at radius 2 is 1.38 bits per heavy atom. The first-order chi connectivity index (χ1) is 22.5. The van der Waals surface area contributed by atoms with Crippen LogP contribution >= 0.6 is 12.4 Å². The Hall–Kier alpha value is -4.50. The normalized spacial score (nSPS) is 13.9. The molecule has 0 atom stereocenters. The number of ether oxygens (including phenoxy) is 1. The van der Waals surface area contributed by atoms with Gasteiger partial charge in [0.1, 0.15) is 6.10 Å². The van der Waals surface area contributed by atoms with Crippen LogP contribution in [0.5, 0.6) is 0 Å². The van der Waals surface area contributed by atoms with E-state index in [2.05, 4.69) is 53.4 Å². The van der Waals surface area contributed by atoms with Gasteiger partial charge in [-0.2, -0.15) is 0 Å². The van der Waals surface area contributed by atoms with Crippen molar-refractivity contribution in [3.63, 3.8) is 0 Å². The SMILES string of the molecule is Cl.O=C(O)c1cccc(Cn2c(=O)c3ccccc3n(CCCCN3CCC(OC(c4ccccc4)c4ccccc4)CC3)c2=O)c1. The van der Waals surface area contributed by atoms with Gasteiger partial charge in [-0.3, -0.25) is 13.9 Å². The monoisotopic (exact) mass is 653 g/mol. The maximum atomic E-state index is 13.6. The smallest absolute Gasteiger partial charge is 0.335 e. The summed E-state index contributed by atoms with van der Waals surface area (Å²) in [7, 11) is 0. The number of piperidine rings is 1. The number of likely N-dealkylation sites (tertiary alicyclic amines) is 1. The number of fused-ring (bicyclic) bond motifs is 1. The zero-order chi connectivity index (χ0) is 31.9. The van der Waals surface area contributed by atoms with Gasteiger partial charge in [-0.15, -0.1) is 12.4 Å². The number of nitrogens with zero attached hydrogens (tertiary/aromatic N) is 3. The van der Waals surface area contributed by atoms with Gasteiger partial charge in [-0.1, -0.05) is 84.9 Å². The number of aromatic nitrogens is 2. The molecule has 8 nitrogen and oxygen atoms in total. The first kappa shape index (κ1) is 33.9. The topological polar surface area (TPSA) is 93.8 Å². The third-order valence-electron chi connectivity index (χ3n) is 8.82. The van der Waals surface area contributed by atoms with Gasteiger partial charge in [0.2, 0.25) is 0 Å². The van der Waals surface area contributed by atoms with Gasteiger partial charge in [0, 0.05) is 19.6 Å². The van der Waals surface area contributed by atoms with Gasteiger partial charge < -0.3 is 14.7 Å². The lowest BCUT2D eigenvalue weighted by atomic mass is 10.00. The molecule has 2 heterocycles. The van der Waals surface area contributed by atoms with Crippen LogP contribution in [0.3, 0.4) is 0 Å². The summed E-state index contributed by atoms with van der Waals surface area (Å²) in [5.74, 6) is -1.05. The number of carboxylic acid groups (broad SMARTS) is 1. The molecule has 0 saturated carbocycles. The van der Waals surface area contributed by atoms with E-state index in [0.717, 1.165) is 45.3 Å². The molecule has 9 heteroatoms. The number of halogens is 1. The zero-order valence-electron chi connectivity index (χ0n) is 26.2. The van der Waals surface area contributed by atoms with E-state index in [1.165, 1.54) is 27.8 Å². The van der Waals surface area contributed by atoms with Crippen LogP contribution in [0, 0.1) is 0 Å². The van der Waals surface area contributed by atoms with E-state index >= 15 is 0 Å². The number of benzene rings is 4. The first-order valence-electron chi connectivity index (χ1n) is 16.0. The van der Waals surface area contributed by atoms with Gasteiger partial charge in [0.25, 0.3) is 5.56 Å². The number of aromatic carboxylic acids is 1. The van der Waals surface area contributed by atoms with Crippen molar-refractivity contribution in [2.45, 2.75) is 51.0 Å². The number of unbranched alkanes of at least 4 members (excludes halogenated alkanes) is 1. The number of hydrogen-bond donors (Lipinski definition) is 1. The molecular weight excluding hydrogens is 614 g/mol. The molecule has 0 amide bonds. The number of para-hydroxylation sites is 1. The lowest BCUT2D eigenvalue weighted by Gasteiger charge is -2.34. The fourth-order valence-corrected chi connectivity index (χ4v) is 6.38.